The Labute approximate surface area is 184 Å². The molecule has 0 unspecified atom stereocenters. The van der Waals surface area contributed by atoms with Gasteiger partial charge in [-0.1, -0.05) is 12.1 Å². The zero-order chi connectivity index (χ0) is 20.5. The maximum atomic E-state index is 12.2. The maximum Gasteiger partial charge on any atom is 0.343 e. The molecule has 0 heterocycles. The van der Waals surface area contributed by atoms with E-state index in [9.17, 15) is 9.59 Å². The number of halogens is 2. The van der Waals surface area contributed by atoms with E-state index in [4.69, 9.17) is 9.47 Å². The maximum absolute atomic E-state index is 12.2. The van der Waals surface area contributed by atoms with E-state index in [-0.39, 0.29) is 12.5 Å². The van der Waals surface area contributed by atoms with Gasteiger partial charge in [-0.2, -0.15) is 5.10 Å². The number of ether oxygens (including phenoxy) is 3. The number of hydrazone groups is 1. The second-order valence-electron chi connectivity index (χ2n) is 5.31. The first kappa shape index (κ1) is 22.2. The first-order valence-corrected chi connectivity index (χ1v) is 10.1. The molecule has 0 bridgehead atoms. The number of hydrogen-bond acceptors (Lipinski definition) is 6. The summed E-state index contributed by atoms with van der Waals surface area (Å²) in [4.78, 5) is 23.5. The van der Waals surface area contributed by atoms with Gasteiger partial charge in [0.2, 0.25) is 0 Å². The molecule has 2 aromatic rings. The molecule has 1 N–H and O–H groups in total. The smallest absolute Gasteiger partial charge is 0.343 e. The van der Waals surface area contributed by atoms with Gasteiger partial charge in [-0.3, -0.25) is 4.79 Å². The van der Waals surface area contributed by atoms with Gasteiger partial charge >= 0.3 is 5.97 Å². The monoisotopic (exact) mass is 560 g/mol. The van der Waals surface area contributed by atoms with Gasteiger partial charge in [0.1, 0.15) is 0 Å². The van der Waals surface area contributed by atoms with Gasteiger partial charge in [0.15, 0.2) is 18.1 Å². The van der Waals surface area contributed by atoms with E-state index in [2.05, 4.69) is 53.8 Å². The minimum Gasteiger partial charge on any atom is -0.490 e. The Balaban J connectivity index is 2.14. The average Bonchev–Trinajstić information content (AvgIpc) is 2.67. The highest BCUT2D eigenvalue weighted by molar-refractivity contribution is 14.1. The van der Waals surface area contributed by atoms with E-state index in [1.54, 1.807) is 30.3 Å². The van der Waals surface area contributed by atoms with Crippen molar-refractivity contribution in [2.45, 2.75) is 6.92 Å². The summed E-state index contributed by atoms with van der Waals surface area (Å²) in [6.45, 7) is 2.04. The van der Waals surface area contributed by atoms with E-state index < -0.39 is 5.97 Å². The zero-order valence-corrected chi connectivity index (χ0v) is 18.9. The molecule has 0 radical (unpaired) electrons. The lowest BCUT2D eigenvalue weighted by Gasteiger charge is -2.14. The lowest BCUT2D eigenvalue weighted by atomic mass is 10.2. The second-order valence-corrected chi connectivity index (χ2v) is 7.32. The molecule has 0 saturated carbocycles. The lowest BCUT2D eigenvalue weighted by Crippen LogP contribution is -2.18. The van der Waals surface area contributed by atoms with Crippen LogP contribution in [0.1, 0.15) is 22.8 Å². The van der Waals surface area contributed by atoms with Crippen molar-refractivity contribution in [2.75, 3.05) is 20.3 Å². The predicted octanol–water partition coefficient (Wildman–Crippen LogP) is 3.77. The summed E-state index contributed by atoms with van der Waals surface area (Å²) in [5, 5.41) is 4.00. The number of carbonyl (C=O) groups is 2. The van der Waals surface area contributed by atoms with E-state index in [1.807, 2.05) is 13.0 Å². The molecule has 0 spiro atoms. The van der Waals surface area contributed by atoms with Crippen molar-refractivity contribution in [1.82, 2.24) is 5.43 Å². The molecule has 148 valence electrons. The van der Waals surface area contributed by atoms with Gasteiger partial charge in [0.25, 0.3) is 5.91 Å². The number of nitrogens with one attached hydrogen (secondary N) is 1. The van der Waals surface area contributed by atoms with Crippen molar-refractivity contribution in [3.63, 3.8) is 0 Å². The van der Waals surface area contributed by atoms with Crippen LogP contribution in [0.25, 0.3) is 0 Å². The normalized spacial score (nSPS) is 10.6. The van der Waals surface area contributed by atoms with E-state index >= 15 is 0 Å². The summed E-state index contributed by atoms with van der Waals surface area (Å²) in [5.74, 6) is 0.0966. The molecule has 28 heavy (non-hydrogen) atoms. The second kappa shape index (κ2) is 11.0. The van der Waals surface area contributed by atoms with Crippen LogP contribution in [0.3, 0.4) is 0 Å². The standard InChI is InChI=1S/C19H18BrIN2O5/c1-3-27-16-9-12(8-15(21)18(16)28-11-17(24)26-2)10-22-23-19(25)13-6-4-5-7-14(13)20/h4-10H,3,11H2,1-2H3,(H,23,25)/b22-10+. The fourth-order valence-corrected chi connectivity index (χ4v) is 3.37. The number of hydrogen-bond donors (Lipinski definition) is 1. The van der Waals surface area contributed by atoms with Crippen molar-refractivity contribution in [1.29, 1.82) is 0 Å². The van der Waals surface area contributed by atoms with Crippen molar-refractivity contribution >= 4 is 56.6 Å². The van der Waals surface area contributed by atoms with E-state index in [0.717, 1.165) is 3.57 Å². The molecule has 0 aliphatic rings. The molecule has 0 aliphatic carbocycles. The molecule has 2 rings (SSSR count). The van der Waals surface area contributed by atoms with Gasteiger partial charge in [-0.25, -0.2) is 10.2 Å². The minimum absolute atomic E-state index is 0.220. The van der Waals surface area contributed by atoms with Crippen molar-refractivity contribution < 1.29 is 23.8 Å². The largest absolute Gasteiger partial charge is 0.490 e. The van der Waals surface area contributed by atoms with Crippen LogP contribution in [-0.2, 0) is 9.53 Å². The highest BCUT2D eigenvalue weighted by Crippen LogP contribution is 2.34. The molecule has 9 heteroatoms. The number of rotatable bonds is 8. The molecule has 0 atom stereocenters. The Morgan fingerprint density at radius 1 is 1.25 bits per heavy atom. The predicted molar refractivity (Wildman–Crippen MR) is 117 cm³/mol. The molecule has 7 nitrogen and oxygen atoms in total. The summed E-state index contributed by atoms with van der Waals surface area (Å²) in [5.41, 5.74) is 3.67. The van der Waals surface area contributed by atoms with Crippen LogP contribution < -0.4 is 14.9 Å². The fourth-order valence-electron chi connectivity index (χ4n) is 2.13. The SMILES string of the molecule is CCOc1cc(/C=N/NC(=O)c2ccccc2Br)cc(I)c1OCC(=O)OC. The highest BCUT2D eigenvalue weighted by atomic mass is 127. The van der Waals surface area contributed by atoms with Crippen LogP contribution in [-0.4, -0.2) is 38.4 Å². The number of nitrogens with zero attached hydrogens (tertiary/aromatic N) is 1. The van der Waals surface area contributed by atoms with Crippen molar-refractivity contribution in [3.05, 3.63) is 55.6 Å². The number of esters is 1. The number of amides is 1. The third kappa shape index (κ3) is 6.20. The van der Waals surface area contributed by atoms with Gasteiger partial charge in [0, 0.05) is 4.47 Å². The number of carbonyl (C=O) groups excluding carboxylic acids is 2. The topological polar surface area (TPSA) is 86.2 Å². The summed E-state index contributed by atoms with van der Waals surface area (Å²) >= 11 is 5.41. The molecule has 0 saturated heterocycles. The highest BCUT2D eigenvalue weighted by Gasteiger charge is 2.14. The van der Waals surface area contributed by atoms with Gasteiger partial charge in [-0.15, -0.1) is 0 Å². The van der Waals surface area contributed by atoms with Crippen LogP contribution in [0.4, 0.5) is 0 Å². The third-order valence-electron chi connectivity index (χ3n) is 3.39. The summed E-state index contributed by atoms with van der Waals surface area (Å²) < 4.78 is 17.1. The molecular weight excluding hydrogens is 543 g/mol. The first-order valence-electron chi connectivity index (χ1n) is 8.20. The third-order valence-corrected chi connectivity index (χ3v) is 4.88. The zero-order valence-electron chi connectivity index (χ0n) is 15.2. The first-order chi connectivity index (χ1) is 13.5. The molecule has 2 aromatic carbocycles. The van der Waals surface area contributed by atoms with Crippen LogP contribution in [0.15, 0.2) is 46.0 Å². The van der Waals surface area contributed by atoms with Crippen molar-refractivity contribution in [2.24, 2.45) is 5.10 Å². The van der Waals surface area contributed by atoms with Crippen molar-refractivity contribution in [3.8, 4) is 11.5 Å². The minimum atomic E-state index is -0.487. The Morgan fingerprint density at radius 3 is 2.68 bits per heavy atom. The Kier molecular flexibility index (Phi) is 8.71. The van der Waals surface area contributed by atoms with E-state index in [1.165, 1.54) is 13.3 Å². The number of benzene rings is 2. The average molecular weight is 561 g/mol. The molecule has 1 amide bonds. The van der Waals surface area contributed by atoms with Crippen LogP contribution in [0.2, 0.25) is 0 Å². The fraction of sp³-hybridized carbons (Fsp3) is 0.211. The summed E-state index contributed by atoms with van der Waals surface area (Å²) in [6.07, 6.45) is 1.50. The Hall–Kier alpha value is -2.14. The molecule has 0 aromatic heterocycles. The molecular formula is C19H18BrIN2O5. The van der Waals surface area contributed by atoms with Gasteiger partial charge < -0.3 is 14.2 Å². The number of methoxy groups -OCH3 is 1. The molecule has 0 aliphatic heterocycles. The Bertz CT molecular complexity index is 889. The summed E-state index contributed by atoms with van der Waals surface area (Å²) in [7, 11) is 1.29. The van der Waals surface area contributed by atoms with Crippen LogP contribution >= 0.6 is 38.5 Å². The Morgan fingerprint density at radius 2 is 2.00 bits per heavy atom. The molecule has 0 fully saturated rings. The quantitative estimate of drug-likeness (QED) is 0.230. The van der Waals surface area contributed by atoms with Crippen LogP contribution in [0, 0.1) is 3.57 Å². The summed E-state index contributed by atoms with van der Waals surface area (Å²) in [6, 6.07) is 10.6. The van der Waals surface area contributed by atoms with Gasteiger partial charge in [0.05, 0.1) is 29.1 Å². The van der Waals surface area contributed by atoms with E-state index in [0.29, 0.717) is 33.7 Å². The lowest BCUT2D eigenvalue weighted by molar-refractivity contribution is -0.142. The van der Waals surface area contributed by atoms with Crippen LogP contribution in [0.5, 0.6) is 11.5 Å². The van der Waals surface area contributed by atoms with Gasteiger partial charge in [-0.05, 0) is 75.3 Å².